The van der Waals surface area contributed by atoms with Crippen LogP contribution in [-0.4, -0.2) is 4.98 Å². The Morgan fingerprint density at radius 1 is 0.833 bits per heavy atom. The zero-order chi connectivity index (χ0) is 16.5. The molecule has 0 amide bonds. The van der Waals surface area contributed by atoms with Crippen LogP contribution in [0.3, 0.4) is 0 Å². The Morgan fingerprint density at radius 2 is 1.62 bits per heavy atom. The van der Waals surface area contributed by atoms with E-state index in [4.69, 9.17) is 32.6 Å². The lowest BCUT2D eigenvalue weighted by Gasteiger charge is -2.07. The molecule has 0 radical (unpaired) electrons. The fraction of sp³-hybridized carbons (Fsp3) is 0. The van der Waals surface area contributed by atoms with Gasteiger partial charge in [-0.2, -0.15) is 0 Å². The van der Waals surface area contributed by atoms with Gasteiger partial charge in [0.25, 0.3) is 0 Å². The third kappa shape index (κ3) is 3.11. The summed E-state index contributed by atoms with van der Waals surface area (Å²) >= 11 is 13.6. The molecule has 0 saturated heterocycles. The molecule has 0 fully saturated rings. The molecule has 3 aromatic heterocycles. The molecular formula is C19H11Cl2NOS. The first-order valence-corrected chi connectivity index (χ1v) is 8.90. The van der Waals surface area contributed by atoms with Crippen LogP contribution in [0.5, 0.6) is 0 Å². The fourth-order valence-electron chi connectivity index (χ4n) is 2.46. The molecule has 1 aromatic carbocycles. The third-order valence-electron chi connectivity index (χ3n) is 3.60. The van der Waals surface area contributed by atoms with E-state index in [9.17, 15) is 0 Å². The molecule has 0 bridgehead atoms. The summed E-state index contributed by atoms with van der Waals surface area (Å²) in [5.41, 5.74) is 3.70. The van der Waals surface area contributed by atoms with Crippen LogP contribution in [0.25, 0.3) is 33.2 Å². The van der Waals surface area contributed by atoms with Crippen molar-refractivity contribution in [2.45, 2.75) is 0 Å². The minimum atomic E-state index is 0.368. The van der Waals surface area contributed by atoms with Gasteiger partial charge in [-0.25, -0.2) is 4.98 Å². The average Bonchev–Trinajstić information content (AvgIpc) is 3.27. The van der Waals surface area contributed by atoms with Crippen LogP contribution in [0.2, 0.25) is 10.2 Å². The van der Waals surface area contributed by atoms with Crippen molar-refractivity contribution in [1.29, 1.82) is 0 Å². The third-order valence-corrected chi connectivity index (χ3v) is 4.94. The summed E-state index contributed by atoms with van der Waals surface area (Å²) in [5, 5.41) is 3.11. The van der Waals surface area contributed by atoms with E-state index < -0.39 is 0 Å². The number of halogens is 2. The number of nitrogens with zero attached hydrogens (tertiary/aromatic N) is 1. The van der Waals surface area contributed by atoms with Crippen molar-refractivity contribution in [3.8, 4) is 33.2 Å². The predicted molar refractivity (Wildman–Crippen MR) is 101 cm³/mol. The number of thiophene rings is 1. The second-order valence-corrected chi connectivity index (χ2v) is 6.97. The zero-order valence-corrected chi connectivity index (χ0v) is 14.7. The van der Waals surface area contributed by atoms with Crippen molar-refractivity contribution in [3.05, 3.63) is 76.3 Å². The smallest absolute Gasteiger partial charge is 0.193 e. The van der Waals surface area contributed by atoms with Gasteiger partial charge in [0.05, 0.1) is 16.3 Å². The molecular weight excluding hydrogens is 361 g/mol. The Labute approximate surface area is 153 Å². The summed E-state index contributed by atoms with van der Waals surface area (Å²) in [6.45, 7) is 0. The standard InChI is InChI=1S/C19H11Cl2NOS/c20-14-5-3-12(4-6-14)15-10-13(17-7-8-19(21)23-17)11-16(22-15)18-2-1-9-24-18/h1-11H. The van der Waals surface area contributed by atoms with Gasteiger partial charge in [-0.3, -0.25) is 0 Å². The van der Waals surface area contributed by atoms with E-state index in [0.717, 1.165) is 33.2 Å². The normalized spacial score (nSPS) is 10.9. The highest BCUT2D eigenvalue weighted by Crippen LogP contribution is 2.33. The molecule has 0 spiro atoms. The molecule has 118 valence electrons. The van der Waals surface area contributed by atoms with E-state index in [-0.39, 0.29) is 0 Å². The van der Waals surface area contributed by atoms with Crippen LogP contribution in [0.4, 0.5) is 0 Å². The molecule has 24 heavy (non-hydrogen) atoms. The van der Waals surface area contributed by atoms with Crippen molar-refractivity contribution >= 4 is 34.5 Å². The van der Waals surface area contributed by atoms with Crippen molar-refractivity contribution in [2.24, 2.45) is 0 Å². The van der Waals surface area contributed by atoms with Crippen LogP contribution in [0, 0.1) is 0 Å². The Balaban J connectivity index is 1.89. The lowest BCUT2D eigenvalue weighted by atomic mass is 10.1. The molecule has 0 aliphatic carbocycles. The first-order chi connectivity index (χ1) is 11.7. The van der Waals surface area contributed by atoms with Gasteiger partial charge in [-0.1, -0.05) is 29.8 Å². The van der Waals surface area contributed by atoms with E-state index in [0.29, 0.717) is 10.2 Å². The second-order valence-electron chi connectivity index (χ2n) is 5.21. The van der Waals surface area contributed by atoms with Gasteiger partial charge in [0, 0.05) is 16.1 Å². The van der Waals surface area contributed by atoms with Gasteiger partial charge in [0.1, 0.15) is 5.76 Å². The van der Waals surface area contributed by atoms with Crippen molar-refractivity contribution in [3.63, 3.8) is 0 Å². The predicted octanol–water partition coefficient (Wildman–Crippen LogP) is 7.04. The van der Waals surface area contributed by atoms with Crippen LogP contribution < -0.4 is 0 Å². The summed E-state index contributed by atoms with van der Waals surface area (Å²) in [6.07, 6.45) is 0. The summed E-state index contributed by atoms with van der Waals surface area (Å²) in [4.78, 5) is 5.90. The highest BCUT2D eigenvalue weighted by molar-refractivity contribution is 7.13. The molecule has 0 atom stereocenters. The monoisotopic (exact) mass is 371 g/mol. The number of hydrogen-bond acceptors (Lipinski definition) is 3. The topological polar surface area (TPSA) is 26.0 Å². The molecule has 4 rings (SSSR count). The van der Waals surface area contributed by atoms with E-state index in [2.05, 4.69) is 6.07 Å². The van der Waals surface area contributed by atoms with E-state index in [1.807, 2.05) is 53.9 Å². The maximum Gasteiger partial charge on any atom is 0.193 e. The SMILES string of the molecule is Clc1ccc(-c2cc(-c3ccc(Cl)o3)cc(-c3cccs3)n2)cc1. The number of pyridine rings is 1. The number of aromatic nitrogens is 1. The first kappa shape index (κ1) is 15.5. The minimum Gasteiger partial charge on any atom is -0.445 e. The number of furan rings is 1. The molecule has 0 aliphatic heterocycles. The van der Waals surface area contributed by atoms with Crippen molar-refractivity contribution < 1.29 is 4.42 Å². The van der Waals surface area contributed by atoms with Gasteiger partial charge < -0.3 is 4.42 Å². The Kier molecular flexibility index (Phi) is 4.15. The Hall–Kier alpha value is -2.07. The molecule has 0 unspecified atom stereocenters. The van der Waals surface area contributed by atoms with Gasteiger partial charge in [-0.05, 0) is 59.4 Å². The van der Waals surface area contributed by atoms with Crippen LogP contribution in [0.1, 0.15) is 0 Å². The lowest BCUT2D eigenvalue weighted by molar-refractivity contribution is 0.584. The Morgan fingerprint density at radius 3 is 2.29 bits per heavy atom. The number of hydrogen-bond donors (Lipinski definition) is 0. The molecule has 4 aromatic rings. The van der Waals surface area contributed by atoms with Gasteiger partial charge >= 0.3 is 0 Å². The summed E-state index contributed by atoms with van der Waals surface area (Å²) < 4.78 is 5.57. The highest BCUT2D eigenvalue weighted by atomic mass is 35.5. The van der Waals surface area contributed by atoms with Gasteiger partial charge in [0.2, 0.25) is 0 Å². The van der Waals surface area contributed by atoms with Crippen molar-refractivity contribution in [2.75, 3.05) is 0 Å². The summed E-state index contributed by atoms with van der Waals surface area (Å²) in [5.74, 6) is 0.718. The largest absolute Gasteiger partial charge is 0.445 e. The first-order valence-electron chi connectivity index (χ1n) is 7.27. The lowest BCUT2D eigenvalue weighted by Crippen LogP contribution is -1.89. The fourth-order valence-corrected chi connectivity index (χ4v) is 3.42. The molecule has 5 heteroatoms. The van der Waals surface area contributed by atoms with Crippen LogP contribution >= 0.6 is 34.5 Å². The van der Waals surface area contributed by atoms with E-state index in [1.165, 1.54) is 0 Å². The van der Waals surface area contributed by atoms with Crippen LogP contribution in [0.15, 0.2) is 70.5 Å². The molecule has 0 aliphatic rings. The van der Waals surface area contributed by atoms with Gasteiger partial charge in [-0.15, -0.1) is 11.3 Å². The second kappa shape index (κ2) is 6.44. The van der Waals surface area contributed by atoms with Crippen LogP contribution in [-0.2, 0) is 0 Å². The summed E-state index contributed by atoms with van der Waals surface area (Å²) in [7, 11) is 0. The highest BCUT2D eigenvalue weighted by Gasteiger charge is 2.11. The van der Waals surface area contributed by atoms with Crippen molar-refractivity contribution in [1.82, 2.24) is 4.98 Å². The maximum absolute atomic E-state index is 5.99. The maximum atomic E-state index is 5.99. The molecule has 0 N–H and O–H groups in total. The van der Waals surface area contributed by atoms with E-state index in [1.54, 1.807) is 17.4 Å². The number of benzene rings is 1. The molecule has 2 nitrogen and oxygen atoms in total. The van der Waals surface area contributed by atoms with E-state index >= 15 is 0 Å². The number of rotatable bonds is 3. The quantitative estimate of drug-likeness (QED) is 0.385. The molecule has 3 heterocycles. The van der Waals surface area contributed by atoms with Gasteiger partial charge in [0.15, 0.2) is 5.22 Å². The molecule has 0 saturated carbocycles. The Bertz CT molecular complexity index is 975. The summed E-state index contributed by atoms with van der Waals surface area (Å²) in [6, 6.07) is 19.3. The average molecular weight is 372 g/mol. The minimum absolute atomic E-state index is 0.368. The zero-order valence-electron chi connectivity index (χ0n) is 12.4.